The maximum Gasteiger partial charge on any atom is 0.328 e. The van der Waals surface area contributed by atoms with Gasteiger partial charge >= 0.3 is 5.97 Å². The summed E-state index contributed by atoms with van der Waals surface area (Å²) in [7, 11) is 1.61. The molecule has 19 heavy (non-hydrogen) atoms. The van der Waals surface area contributed by atoms with Gasteiger partial charge in [0.25, 0.3) is 0 Å². The highest BCUT2D eigenvalue weighted by Gasteiger charge is 2.07. The van der Waals surface area contributed by atoms with Crippen LogP contribution in [0.25, 0.3) is 16.9 Å². The second-order valence-corrected chi connectivity index (χ2v) is 4.06. The number of benzene rings is 1. The van der Waals surface area contributed by atoms with Gasteiger partial charge in [0.15, 0.2) is 0 Å². The van der Waals surface area contributed by atoms with Crippen molar-refractivity contribution in [3.05, 3.63) is 48.2 Å². The molecule has 0 bridgehead atoms. The molecule has 98 valence electrons. The van der Waals surface area contributed by atoms with Gasteiger partial charge < -0.3 is 14.3 Å². The molecule has 0 unspecified atom stereocenters. The minimum Gasteiger partial charge on any atom is -0.497 e. The van der Waals surface area contributed by atoms with Gasteiger partial charge in [-0.2, -0.15) is 0 Å². The van der Waals surface area contributed by atoms with Crippen LogP contribution < -0.4 is 4.74 Å². The molecule has 2 rings (SSSR count). The molecular weight excluding hydrogens is 244 g/mol. The van der Waals surface area contributed by atoms with Crippen LogP contribution in [-0.2, 0) is 4.79 Å². The number of methoxy groups -OCH3 is 1. The van der Waals surface area contributed by atoms with Crippen LogP contribution in [0.3, 0.4) is 0 Å². The number of hydrogen-bond acceptors (Lipinski definition) is 3. The smallest absolute Gasteiger partial charge is 0.328 e. The molecule has 0 amide bonds. The molecule has 0 aliphatic rings. The van der Waals surface area contributed by atoms with Gasteiger partial charge in [0, 0.05) is 11.6 Å². The number of allylic oxidation sites excluding steroid dienone is 1. The third kappa shape index (κ3) is 3.04. The lowest BCUT2D eigenvalue weighted by Gasteiger charge is -2.01. The average molecular weight is 258 g/mol. The highest BCUT2D eigenvalue weighted by molar-refractivity contribution is 5.88. The summed E-state index contributed by atoms with van der Waals surface area (Å²) < 4.78 is 10.7. The lowest BCUT2D eigenvalue weighted by atomic mass is 10.2. The first-order valence-electron chi connectivity index (χ1n) is 5.76. The summed E-state index contributed by atoms with van der Waals surface area (Å²) in [5.41, 5.74) is 1.49. The van der Waals surface area contributed by atoms with Crippen LogP contribution in [-0.4, -0.2) is 18.2 Å². The Morgan fingerprint density at radius 3 is 2.47 bits per heavy atom. The number of hydrogen-bond donors (Lipinski definition) is 1. The van der Waals surface area contributed by atoms with Gasteiger partial charge in [-0.15, -0.1) is 0 Å². The largest absolute Gasteiger partial charge is 0.497 e. The van der Waals surface area contributed by atoms with E-state index in [1.54, 1.807) is 20.1 Å². The van der Waals surface area contributed by atoms with Gasteiger partial charge in [-0.1, -0.05) is 0 Å². The molecule has 0 aliphatic heterocycles. The monoisotopic (exact) mass is 258 g/mol. The van der Waals surface area contributed by atoms with Crippen molar-refractivity contribution in [1.82, 2.24) is 0 Å². The normalized spacial score (nSPS) is 11.4. The van der Waals surface area contributed by atoms with E-state index in [-0.39, 0.29) is 0 Å². The van der Waals surface area contributed by atoms with E-state index in [0.29, 0.717) is 17.1 Å². The maximum atomic E-state index is 10.6. The van der Waals surface area contributed by atoms with Gasteiger partial charge in [-0.25, -0.2) is 4.79 Å². The SMILES string of the molecule is COc1ccc(-c2ccc(/C(C)=C/C(=O)O)o2)cc1. The van der Waals surface area contributed by atoms with Crippen LogP contribution >= 0.6 is 0 Å². The van der Waals surface area contributed by atoms with Crippen molar-refractivity contribution in [2.24, 2.45) is 0 Å². The summed E-state index contributed by atoms with van der Waals surface area (Å²) >= 11 is 0. The zero-order valence-electron chi connectivity index (χ0n) is 10.7. The molecule has 0 aliphatic carbocycles. The predicted molar refractivity (Wildman–Crippen MR) is 72.0 cm³/mol. The van der Waals surface area contributed by atoms with Crippen molar-refractivity contribution >= 4 is 11.5 Å². The molecular formula is C15H14O4. The first-order valence-corrected chi connectivity index (χ1v) is 5.76. The maximum absolute atomic E-state index is 10.6. The Balaban J connectivity index is 2.27. The quantitative estimate of drug-likeness (QED) is 0.853. The third-order valence-corrected chi connectivity index (χ3v) is 2.71. The Hall–Kier alpha value is -2.49. The van der Waals surface area contributed by atoms with Crippen molar-refractivity contribution in [3.8, 4) is 17.1 Å². The minimum atomic E-state index is -0.986. The van der Waals surface area contributed by atoms with E-state index in [2.05, 4.69) is 0 Å². The highest BCUT2D eigenvalue weighted by Crippen LogP contribution is 2.27. The summed E-state index contributed by atoms with van der Waals surface area (Å²) in [6, 6.07) is 11.0. The summed E-state index contributed by atoms with van der Waals surface area (Å²) in [6.45, 7) is 1.70. The number of carboxylic acid groups (broad SMARTS) is 1. The molecule has 4 nitrogen and oxygen atoms in total. The van der Waals surface area contributed by atoms with Gasteiger partial charge in [0.1, 0.15) is 17.3 Å². The lowest BCUT2D eigenvalue weighted by molar-refractivity contribution is -0.131. The van der Waals surface area contributed by atoms with E-state index in [0.717, 1.165) is 17.4 Å². The summed E-state index contributed by atoms with van der Waals surface area (Å²) in [5, 5.41) is 8.69. The van der Waals surface area contributed by atoms with Crippen molar-refractivity contribution in [1.29, 1.82) is 0 Å². The Labute approximate surface area is 110 Å². The van der Waals surface area contributed by atoms with Crippen LogP contribution in [0.15, 0.2) is 46.9 Å². The third-order valence-electron chi connectivity index (χ3n) is 2.71. The standard InChI is InChI=1S/C15H14O4/c1-10(9-15(16)17)13-7-8-14(19-13)11-3-5-12(18-2)6-4-11/h3-9H,1-2H3,(H,16,17)/b10-9+. The number of aliphatic carboxylic acids is 1. The van der Waals surface area contributed by atoms with Crippen LogP contribution in [0, 0.1) is 0 Å². The number of carboxylic acids is 1. The fraction of sp³-hybridized carbons (Fsp3) is 0.133. The summed E-state index contributed by atoms with van der Waals surface area (Å²) in [5.74, 6) is 1.03. The molecule has 0 saturated carbocycles. The van der Waals surface area contributed by atoms with E-state index in [1.807, 2.05) is 30.3 Å². The molecule has 1 aromatic carbocycles. The molecule has 0 radical (unpaired) electrons. The molecule has 4 heteroatoms. The second kappa shape index (κ2) is 5.44. The van der Waals surface area contributed by atoms with E-state index in [9.17, 15) is 4.79 Å². The average Bonchev–Trinajstić information content (AvgIpc) is 2.88. The topological polar surface area (TPSA) is 59.7 Å². The Kier molecular flexibility index (Phi) is 3.71. The Bertz CT molecular complexity index is 605. The molecule has 1 aromatic heterocycles. The van der Waals surface area contributed by atoms with E-state index < -0.39 is 5.97 Å². The molecule has 1 N–H and O–H groups in total. The predicted octanol–water partition coefficient (Wildman–Crippen LogP) is 3.44. The van der Waals surface area contributed by atoms with Gasteiger partial charge in [-0.05, 0) is 48.9 Å². The lowest BCUT2D eigenvalue weighted by Crippen LogP contribution is -1.88. The van der Waals surface area contributed by atoms with Crippen LogP contribution in [0.1, 0.15) is 12.7 Å². The van der Waals surface area contributed by atoms with Gasteiger partial charge in [0.05, 0.1) is 7.11 Å². The van der Waals surface area contributed by atoms with E-state index in [1.165, 1.54) is 0 Å². The van der Waals surface area contributed by atoms with Crippen molar-refractivity contribution in [2.45, 2.75) is 6.92 Å². The fourth-order valence-electron chi connectivity index (χ4n) is 1.72. The Morgan fingerprint density at radius 1 is 1.21 bits per heavy atom. The molecule has 2 aromatic rings. The van der Waals surface area contributed by atoms with E-state index >= 15 is 0 Å². The molecule has 1 heterocycles. The highest BCUT2D eigenvalue weighted by atomic mass is 16.5. The summed E-state index contributed by atoms with van der Waals surface area (Å²) in [6.07, 6.45) is 1.12. The number of furan rings is 1. The van der Waals surface area contributed by atoms with Crippen LogP contribution in [0.5, 0.6) is 5.75 Å². The molecule has 0 spiro atoms. The van der Waals surface area contributed by atoms with Crippen LogP contribution in [0.2, 0.25) is 0 Å². The number of ether oxygens (including phenoxy) is 1. The first kappa shape index (κ1) is 13.0. The van der Waals surface area contributed by atoms with E-state index in [4.69, 9.17) is 14.3 Å². The zero-order chi connectivity index (χ0) is 13.8. The zero-order valence-corrected chi connectivity index (χ0v) is 10.7. The van der Waals surface area contributed by atoms with Crippen molar-refractivity contribution < 1.29 is 19.1 Å². The van der Waals surface area contributed by atoms with Crippen molar-refractivity contribution in [2.75, 3.05) is 7.11 Å². The number of carbonyl (C=O) groups is 1. The minimum absolute atomic E-state index is 0.549. The fourth-order valence-corrected chi connectivity index (χ4v) is 1.72. The van der Waals surface area contributed by atoms with Gasteiger partial charge in [-0.3, -0.25) is 0 Å². The molecule has 0 atom stereocenters. The molecule has 0 saturated heterocycles. The van der Waals surface area contributed by atoms with Crippen molar-refractivity contribution in [3.63, 3.8) is 0 Å². The molecule has 0 fully saturated rings. The Morgan fingerprint density at radius 2 is 1.89 bits per heavy atom. The van der Waals surface area contributed by atoms with Crippen LogP contribution in [0.4, 0.5) is 0 Å². The second-order valence-electron chi connectivity index (χ2n) is 4.06. The summed E-state index contributed by atoms with van der Waals surface area (Å²) in [4.78, 5) is 10.6. The van der Waals surface area contributed by atoms with Gasteiger partial charge in [0.2, 0.25) is 0 Å². The first-order chi connectivity index (χ1) is 9.10. The number of rotatable bonds is 4.